The van der Waals surface area contributed by atoms with Crippen LogP contribution in [-0.4, -0.2) is 15.5 Å². The standard InChI is InChI=1S/C12H15N5/c13-12(14)16-8-11-15-6-7-17(11)9-10-4-2-1-3-5-10/h1-7H,8-9H2,(H4,13,14,16). The summed E-state index contributed by atoms with van der Waals surface area (Å²) in [7, 11) is 0. The number of hydrogen-bond donors (Lipinski definition) is 2. The van der Waals surface area contributed by atoms with Crippen molar-refractivity contribution in [3.05, 3.63) is 54.1 Å². The molecule has 5 heteroatoms. The zero-order valence-corrected chi connectivity index (χ0v) is 9.45. The largest absolute Gasteiger partial charge is 0.370 e. The number of imidazole rings is 1. The van der Waals surface area contributed by atoms with Gasteiger partial charge in [0.1, 0.15) is 12.4 Å². The van der Waals surface area contributed by atoms with Crippen LogP contribution in [0.15, 0.2) is 47.7 Å². The maximum Gasteiger partial charge on any atom is 0.186 e. The van der Waals surface area contributed by atoms with Crippen molar-refractivity contribution in [1.29, 1.82) is 0 Å². The fourth-order valence-corrected chi connectivity index (χ4v) is 1.58. The second-order valence-corrected chi connectivity index (χ2v) is 3.70. The number of aromatic nitrogens is 2. The van der Waals surface area contributed by atoms with Crippen LogP contribution in [0.3, 0.4) is 0 Å². The summed E-state index contributed by atoms with van der Waals surface area (Å²) in [5, 5.41) is 0. The van der Waals surface area contributed by atoms with Crippen LogP contribution in [0.4, 0.5) is 0 Å². The van der Waals surface area contributed by atoms with Gasteiger partial charge in [-0.05, 0) is 5.56 Å². The van der Waals surface area contributed by atoms with Crippen LogP contribution in [0.5, 0.6) is 0 Å². The molecule has 0 radical (unpaired) electrons. The van der Waals surface area contributed by atoms with E-state index in [9.17, 15) is 0 Å². The highest BCUT2D eigenvalue weighted by molar-refractivity contribution is 5.75. The molecule has 0 saturated carbocycles. The van der Waals surface area contributed by atoms with E-state index in [1.54, 1.807) is 6.20 Å². The summed E-state index contributed by atoms with van der Waals surface area (Å²) >= 11 is 0. The highest BCUT2D eigenvalue weighted by atomic mass is 15.1. The molecule has 1 aromatic heterocycles. The third kappa shape index (κ3) is 3.07. The van der Waals surface area contributed by atoms with E-state index >= 15 is 0 Å². The summed E-state index contributed by atoms with van der Waals surface area (Å²) in [5.74, 6) is 0.932. The smallest absolute Gasteiger partial charge is 0.186 e. The summed E-state index contributed by atoms with van der Waals surface area (Å²) in [5.41, 5.74) is 11.8. The summed E-state index contributed by atoms with van der Waals surface area (Å²) in [4.78, 5) is 8.19. The maximum absolute atomic E-state index is 5.30. The first-order chi connectivity index (χ1) is 8.25. The molecule has 0 aliphatic rings. The molecule has 2 rings (SSSR count). The lowest BCUT2D eigenvalue weighted by Crippen LogP contribution is -2.23. The predicted molar refractivity (Wildman–Crippen MR) is 67.3 cm³/mol. The van der Waals surface area contributed by atoms with Crippen molar-refractivity contribution < 1.29 is 0 Å². The Balaban J connectivity index is 2.12. The van der Waals surface area contributed by atoms with Crippen molar-refractivity contribution in [1.82, 2.24) is 9.55 Å². The fourth-order valence-electron chi connectivity index (χ4n) is 1.58. The molecule has 1 aromatic carbocycles. The average Bonchev–Trinajstić information content (AvgIpc) is 2.75. The first-order valence-electron chi connectivity index (χ1n) is 5.35. The van der Waals surface area contributed by atoms with Gasteiger partial charge < -0.3 is 16.0 Å². The van der Waals surface area contributed by atoms with Crippen LogP contribution in [0.25, 0.3) is 0 Å². The number of aliphatic imine (C=N–C) groups is 1. The molecule has 4 N–H and O–H groups in total. The van der Waals surface area contributed by atoms with Crippen molar-refractivity contribution in [3.8, 4) is 0 Å². The number of rotatable bonds is 4. The molecule has 0 aliphatic carbocycles. The summed E-state index contributed by atoms with van der Waals surface area (Å²) in [6, 6.07) is 10.2. The number of nitrogens with two attached hydrogens (primary N) is 2. The van der Waals surface area contributed by atoms with Crippen LogP contribution < -0.4 is 11.5 Å². The highest BCUT2D eigenvalue weighted by Crippen LogP contribution is 2.06. The minimum Gasteiger partial charge on any atom is -0.370 e. The van der Waals surface area contributed by atoms with E-state index in [2.05, 4.69) is 22.1 Å². The molecule has 88 valence electrons. The molecular formula is C12H15N5. The first kappa shape index (κ1) is 11.2. The van der Waals surface area contributed by atoms with Crippen molar-refractivity contribution >= 4 is 5.96 Å². The van der Waals surface area contributed by atoms with Crippen molar-refractivity contribution in [2.75, 3.05) is 0 Å². The van der Waals surface area contributed by atoms with Gasteiger partial charge in [-0.15, -0.1) is 0 Å². The van der Waals surface area contributed by atoms with Gasteiger partial charge in [0.15, 0.2) is 5.96 Å². The van der Waals surface area contributed by atoms with Crippen LogP contribution in [0.2, 0.25) is 0 Å². The van der Waals surface area contributed by atoms with Gasteiger partial charge in [0.05, 0.1) is 0 Å². The zero-order chi connectivity index (χ0) is 12.1. The quantitative estimate of drug-likeness (QED) is 0.598. The van der Waals surface area contributed by atoms with Crippen LogP contribution in [0, 0.1) is 0 Å². The topological polar surface area (TPSA) is 82.2 Å². The summed E-state index contributed by atoms with van der Waals surface area (Å²) in [6.45, 7) is 1.18. The number of nitrogens with zero attached hydrogens (tertiary/aromatic N) is 3. The lowest BCUT2D eigenvalue weighted by Gasteiger charge is -2.06. The minimum absolute atomic E-state index is 0.0826. The molecule has 0 fully saturated rings. The molecule has 0 unspecified atom stereocenters. The number of guanidine groups is 1. The molecule has 0 spiro atoms. The van der Waals surface area contributed by atoms with Gasteiger partial charge in [-0.2, -0.15) is 0 Å². The summed E-state index contributed by atoms with van der Waals surface area (Å²) in [6.07, 6.45) is 3.67. The second kappa shape index (κ2) is 5.16. The van der Waals surface area contributed by atoms with E-state index in [4.69, 9.17) is 11.5 Å². The Morgan fingerprint density at radius 1 is 1.24 bits per heavy atom. The molecule has 5 nitrogen and oxygen atoms in total. The normalized spacial score (nSPS) is 10.1. The fraction of sp³-hybridized carbons (Fsp3) is 0.167. The first-order valence-corrected chi connectivity index (χ1v) is 5.35. The number of benzene rings is 1. The highest BCUT2D eigenvalue weighted by Gasteiger charge is 2.02. The molecule has 1 heterocycles. The molecule has 0 amide bonds. The lowest BCUT2D eigenvalue weighted by molar-refractivity contribution is 0.724. The third-order valence-corrected chi connectivity index (χ3v) is 2.40. The van der Waals surface area contributed by atoms with Crippen LogP contribution in [-0.2, 0) is 13.1 Å². The van der Waals surface area contributed by atoms with E-state index in [-0.39, 0.29) is 5.96 Å². The lowest BCUT2D eigenvalue weighted by atomic mass is 10.2. The van der Waals surface area contributed by atoms with Gasteiger partial charge in [0, 0.05) is 18.9 Å². The Morgan fingerprint density at radius 2 is 2.00 bits per heavy atom. The Kier molecular flexibility index (Phi) is 3.40. The van der Waals surface area contributed by atoms with Gasteiger partial charge in [-0.1, -0.05) is 30.3 Å². The van der Waals surface area contributed by atoms with Gasteiger partial charge in [0.2, 0.25) is 0 Å². The van der Waals surface area contributed by atoms with Gasteiger partial charge in [-0.25, -0.2) is 9.98 Å². The SMILES string of the molecule is NC(N)=NCc1nccn1Cc1ccccc1. The molecule has 0 aliphatic heterocycles. The molecule has 0 atom stereocenters. The van der Waals surface area contributed by atoms with E-state index in [0.717, 1.165) is 12.4 Å². The predicted octanol–water partition coefficient (Wildman–Crippen LogP) is 0.705. The molecule has 0 bridgehead atoms. The van der Waals surface area contributed by atoms with Crippen molar-refractivity contribution in [2.45, 2.75) is 13.1 Å². The zero-order valence-electron chi connectivity index (χ0n) is 9.45. The third-order valence-electron chi connectivity index (χ3n) is 2.40. The van der Waals surface area contributed by atoms with E-state index in [0.29, 0.717) is 6.54 Å². The van der Waals surface area contributed by atoms with Gasteiger partial charge >= 0.3 is 0 Å². The van der Waals surface area contributed by atoms with Crippen molar-refractivity contribution in [3.63, 3.8) is 0 Å². The molecule has 0 saturated heterocycles. The minimum atomic E-state index is 0.0826. The van der Waals surface area contributed by atoms with E-state index < -0.39 is 0 Å². The molecular weight excluding hydrogens is 214 g/mol. The Labute approximate surface area is 99.8 Å². The molecule has 17 heavy (non-hydrogen) atoms. The monoisotopic (exact) mass is 229 g/mol. The van der Waals surface area contributed by atoms with Crippen molar-refractivity contribution in [2.24, 2.45) is 16.5 Å². The second-order valence-electron chi connectivity index (χ2n) is 3.70. The van der Waals surface area contributed by atoms with Gasteiger partial charge in [0.25, 0.3) is 0 Å². The maximum atomic E-state index is 5.30. The van der Waals surface area contributed by atoms with E-state index in [1.807, 2.05) is 29.0 Å². The Morgan fingerprint density at radius 3 is 2.71 bits per heavy atom. The van der Waals surface area contributed by atoms with Crippen LogP contribution >= 0.6 is 0 Å². The van der Waals surface area contributed by atoms with Crippen LogP contribution in [0.1, 0.15) is 11.4 Å². The van der Waals surface area contributed by atoms with Gasteiger partial charge in [-0.3, -0.25) is 0 Å². The Hall–Kier alpha value is -2.30. The Bertz CT molecular complexity index is 497. The number of hydrogen-bond acceptors (Lipinski definition) is 2. The molecule has 2 aromatic rings. The summed E-state index contributed by atoms with van der Waals surface area (Å²) < 4.78 is 2.03. The van der Waals surface area contributed by atoms with E-state index in [1.165, 1.54) is 5.56 Å². The average molecular weight is 229 g/mol.